The zero-order chi connectivity index (χ0) is 23.5. The molecule has 0 bridgehead atoms. The smallest absolute Gasteiger partial charge is 0.426 e. The van der Waals surface area contributed by atoms with Gasteiger partial charge in [-0.2, -0.15) is 22.0 Å². The molecular formula is C24H25F7O. The van der Waals surface area contributed by atoms with Gasteiger partial charge in [-0.05, 0) is 55.2 Å². The third-order valence-corrected chi connectivity index (χ3v) is 6.08. The van der Waals surface area contributed by atoms with E-state index in [0.29, 0.717) is 5.92 Å². The van der Waals surface area contributed by atoms with E-state index in [9.17, 15) is 30.7 Å². The van der Waals surface area contributed by atoms with Crippen molar-refractivity contribution < 1.29 is 35.5 Å². The van der Waals surface area contributed by atoms with E-state index >= 15 is 0 Å². The van der Waals surface area contributed by atoms with Crippen molar-refractivity contribution >= 4 is 0 Å². The molecule has 1 fully saturated rings. The van der Waals surface area contributed by atoms with Crippen molar-refractivity contribution in [3.05, 3.63) is 64.7 Å². The van der Waals surface area contributed by atoms with Gasteiger partial charge in [0.05, 0.1) is 5.56 Å². The van der Waals surface area contributed by atoms with E-state index in [4.69, 9.17) is 0 Å². The molecule has 3 rings (SSSR count). The molecule has 0 heterocycles. The van der Waals surface area contributed by atoms with Gasteiger partial charge in [0, 0.05) is 12.1 Å². The summed E-state index contributed by atoms with van der Waals surface area (Å²) in [5, 5.41) is 0. The van der Waals surface area contributed by atoms with Gasteiger partial charge in [0.25, 0.3) is 0 Å². The highest BCUT2D eigenvalue weighted by atomic mass is 19.4. The zero-order valence-electron chi connectivity index (χ0n) is 17.6. The summed E-state index contributed by atoms with van der Waals surface area (Å²) < 4.78 is 98.6. The molecule has 0 amide bonds. The Morgan fingerprint density at radius 3 is 1.94 bits per heavy atom. The summed E-state index contributed by atoms with van der Waals surface area (Å²) >= 11 is 0. The number of unbranched alkanes of at least 4 members (excludes halogenated alkanes) is 1. The maximum atomic E-state index is 14.5. The molecule has 0 atom stereocenters. The van der Waals surface area contributed by atoms with Crippen LogP contribution in [0, 0.1) is 17.6 Å². The van der Waals surface area contributed by atoms with Gasteiger partial charge in [0.1, 0.15) is 22.9 Å². The SMILES string of the molecule is CCCCC1CCC(c2ccc(C(F)(F)Oc3cc(F)c(C(F)(F)F)c(F)c3)cc2)CC1. The topological polar surface area (TPSA) is 9.23 Å². The number of halogens is 7. The first-order valence-electron chi connectivity index (χ1n) is 10.7. The van der Waals surface area contributed by atoms with Gasteiger partial charge < -0.3 is 4.74 Å². The fraction of sp³-hybridized carbons (Fsp3) is 0.500. The van der Waals surface area contributed by atoms with Gasteiger partial charge in [-0.25, -0.2) is 8.78 Å². The highest BCUT2D eigenvalue weighted by Gasteiger charge is 2.40. The van der Waals surface area contributed by atoms with Crippen LogP contribution in [-0.4, -0.2) is 0 Å². The van der Waals surface area contributed by atoms with Crippen LogP contribution in [0.15, 0.2) is 36.4 Å². The largest absolute Gasteiger partial charge is 0.429 e. The molecule has 0 N–H and O–H groups in total. The monoisotopic (exact) mass is 462 g/mol. The van der Waals surface area contributed by atoms with Crippen molar-refractivity contribution in [1.82, 2.24) is 0 Å². The molecule has 0 spiro atoms. The summed E-state index contributed by atoms with van der Waals surface area (Å²) in [6.07, 6.45) is -1.47. The van der Waals surface area contributed by atoms with Crippen LogP contribution >= 0.6 is 0 Å². The predicted octanol–water partition coefficient (Wildman–Crippen LogP) is 8.58. The van der Waals surface area contributed by atoms with E-state index in [1.165, 1.54) is 31.4 Å². The summed E-state index contributed by atoms with van der Waals surface area (Å²) in [5.74, 6) is -4.07. The molecule has 0 unspecified atom stereocenters. The molecule has 2 aromatic rings. The van der Waals surface area contributed by atoms with E-state index in [0.717, 1.165) is 31.2 Å². The second kappa shape index (κ2) is 9.71. The Hall–Kier alpha value is -2.25. The lowest BCUT2D eigenvalue weighted by Crippen LogP contribution is -2.22. The number of benzene rings is 2. The minimum atomic E-state index is -5.29. The van der Waals surface area contributed by atoms with Crippen molar-refractivity contribution in [2.45, 2.75) is 70.1 Å². The second-order valence-electron chi connectivity index (χ2n) is 8.36. The van der Waals surface area contributed by atoms with Gasteiger partial charge in [-0.3, -0.25) is 0 Å². The Morgan fingerprint density at radius 1 is 0.875 bits per heavy atom. The summed E-state index contributed by atoms with van der Waals surface area (Å²) in [6, 6.07) is 5.72. The molecule has 176 valence electrons. The molecule has 0 aliphatic heterocycles. The first-order valence-corrected chi connectivity index (χ1v) is 10.7. The van der Waals surface area contributed by atoms with Gasteiger partial charge in [0.2, 0.25) is 0 Å². The Morgan fingerprint density at radius 2 is 1.44 bits per heavy atom. The lowest BCUT2D eigenvalue weighted by molar-refractivity contribution is -0.185. The summed E-state index contributed by atoms with van der Waals surface area (Å²) in [5.41, 5.74) is -1.77. The van der Waals surface area contributed by atoms with Crippen LogP contribution in [0.25, 0.3) is 0 Å². The van der Waals surface area contributed by atoms with E-state index in [1.54, 1.807) is 12.1 Å². The van der Waals surface area contributed by atoms with E-state index < -0.39 is 40.8 Å². The van der Waals surface area contributed by atoms with Crippen LogP contribution in [0.4, 0.5) is 30.7 Å². The number of ether oxygens (including phenoxy) is 1. The molecule has 32 heavy (non-hydrogen) atoms. The van der Waals surface area contributed by atoms with Crippen LogP contribution in [0.2, 0.25) is 0 Å². The minimum Gasteiger partial charge on any atom is -0.429 e. The Balaban J connectivity index is 1.68. The molecule has 0 aromatic heterocycles. The maximum absolute atomic E-state index is 14.5. The number of alkyl halides is 5. The van der Waals surface area contributed by atoms with Gasteiger partial charge in [-0.1, -0.05) is 38.3 Å². The lowest BCUT2D eigenvalue weighted by Gasteiger charge is -2.29. The van der Waals surface area contributed by atoms with Crippen LogP contribution in [-0.2, 0) is 12.3 Å². The van der Waals surface area contributed by atoms with Crippen molar-refractivity contribution in [1.29, 1.82) is 0 Å². The fourth-order valence-corrected chi connectivity index (χ4v) is 4.31. The van der Waals surface area contributed by atoms with Gasteiger partial charge in [-0.15, -0.1) is 0 Å². The van der Waals surface area contributed by atoms with Crippen LogP contribution < -0.4 is 4.74 Å². The molecule has 1 aliphatic rings. The number of hydrogen-bond acceptors (Lipinski definition) is 1. The van der Waals surface area contributed by atoms with Crippen molar-refractivity contribution in [3.63, 3.8) is 0 Å². The molecule has 1 aliphatic carbocycles. The molecule has 0 saturated heterocycles. The maximum Gasteiger partial charge on any atom is 0.426 e. The van der Waals surface area contributed by atoms with Crippen molar-refractivity contribution in [2.24, 2.45) is 5.92 Å². The summed E-state index contributed by atoms with van der Waals surface area (Å²) in [6.45, 7) is 2.16. The standard InChI is InChI=1S/C24H25F7O/c1-2-3-4-15-5-7-16(8-6-15)17-9-11-18(12-10-17)24(30,31)32-19-13-20(25)22(21(26)14-19)23(27,28)29/h9-16H,2-8H2,1H3. The second-order valence-corrected chi connectivity index (χ2v) is 8.36. The molecule has 1 saturated carbocycles. The van der Waals surface area contributed by atoms with E-state index in [1.807, 2.05) is 0 Å². The van der Waals surface area contributed by atoms with E-state index in [-0.39, 0.29) is 18.1 Å². The third kappa shape index (κ3) is 5.75. The number of hydrogen-bond donors (Lipinski definition) is 0. The summed E-state index contributed by atoms with van der Waals surface area (Å²) in [7, 11) is 0. The normalized spacial score (nSPS) is 19.8. The molecule has 1 nitrogen and oxygen atoms in total. The number of rotatable bonds is 7. The van der Waals surface area contributed by atoms with Crippen LogP contribution in [0.1, 0.15) is 74.5 Å². The van der Waals surface area contributed by atoms with Gasteiger partial charge >= 0.3 is 12.3 Å². The Bertz CT molecular complexity index is 875. The molecule has 2 aromatic carbocycles. The fourth-order valence-electron chi connectivity index (χ4n) is 4.31. The van der Waals surface area contributed by atoms with Crippen molar-refractivity contribution in [2.75, 3.05) is 0 Å². The summed E-state index contributed by atoms with van der Waals surface area (Å²) in [4.78, 5) is 0. The zero-order valence-corrected chi connectivity index (χ0v) is 17.6. The lowest BCUT2D eigenvalue weighted by atomic mass is 9.77. The van der Waals surface area contributed by atoms with E-state index in [2.05, 4.69) is 11.7 Å². The Labute approximate surface area is 182 Å². The Kier molecular flexibility index (Phi) is 7.40. The first-order chi connectivity index (χ1) is 15.0. The average molecular weight is 462 g/mol. The van der Waals surface area contributed by atoms with Crippen molar-refractivity contribution in [3.8, 4) is 5.75 Å². The highest BCUT2D eigenvalue weighted by Crippen LogP contribution is 2.40. The predicted molar refractivity (Wildman–Crippen MR) is 107 cm³/mol. The highest BCUT2D eigenvalue weighted by molar-refractivity contribution is 5.34. The molecular weight excluding hydrogens is 437 g/mol. The quantitative estimate of drug-likeness (QED) is 0.375. The average Bonchev–Trinajstić information content (AvgIpc) is 2.71. The molecule has 0 radical (unpaired) electrons. The molecule has 8 heteroatoms. The van der Waals surface area contributed by atoms with Crippen LogP contribution in [0.3, 0.4) is 0 Å². The third-order valence-electron chi connectivity index (χ3n) is 6.08. The first kappa shape index (κ1) is 24.4. The van der Waals surface area contributed by atoms with Gasteiger partial charge in [0.15, 0.2) is 0 Å². The minimum absolute atomic E-state index is 0.102. The van der Waals surface area contributed by atoms with Crippen LogP contribution in [0.5, 0.6) is 5.75 Å².